The first-order valence-electron chi connectivity index (χ1n) is 5.94. The summed E-state index contributed by atoms with van der Waals surface area (Å²) in [5.41, 5.74) is 2.60. The van der Waals surface area contributed by atoms with E-state index in [4.69, 9.17) is 9.47 Å². The summed E-state index contributed by atoms with van der Waals surface area (Å²) in [6.07, 6.45) is 1.78. The van der Waals surface area contributed by atoms with Gasteiger partial charge < -0.3 is 14.8 Å². The Hall–Kier alpha value is -2.30. The van der Waals surface area contributed by atoms with Crippen LogP contribution in [0.2, 0.25) is 0 Å². The lowest BCUT2D eigenvalue weighted by Crippen LogP contribution is -2.01. The third-order valence-electron chi connectivity index (χ3n) is 2.86. The molecule has 0 aliphatic heterocycles. The molecule has 0 atom stereocenters. The van der Waals surface area contributed by atoms with Crippen LogP contribution in [0.25, 0.3) is 11.3 Å². The van der Waals surface area contributed by atoms with Gasteiger partial charge in [-0.05, 0) is 24.6 Å². The van der Waals surface area contributed by atoms with Gasteiger partial charge in [-0.2, -0.15) is 0 Å². The third kappa shape index (κ3) is 2.45. The first-order chi connectivity index (χ1) is 9.21. The molecule has 1 aromatic heterocycles. The standard InChI is InChI=1S/C14H17N3O2/c1-9-8-16-14(15-2)17-13(9)12-10(18-3)6-5-7-11(12)19-4/h5-8H,1-4H3,(H,15,16,17). The van der Waals surface area contributed by atoms with Crippen LogP contribution in [0.15, 0.2) is 24.4 Å². The van der Waals surface area contributed by atoms with Crippen LogP contribution in [0.3, 0.4) is 0 Å². The van der Waals surface area contributed by atoms with Crippen LogP contribution in [0.4, 0.5) is 5.95 Å². The molecule has 2 rings (SSSR count). The predicted octanol–water partition coefficient (Wildman–Crippen LogP) is 2.51. The maximum absolute atomic E-state index is 5.41. The van der Waals surface area contributed by atoms with E-state index in [9.17, 15) is 0 Å². The summed E-state index contributed by atoms with van der Waals surface area (Å²) in [6.45, 7) is 1.96. The zero-order valence-electron chi connectivity index (χ0n) is 11.5. The number of hydrogen-bond donors (Lipinski definition) is 1. The monoisotopic (exact) mass is 259 g/mol. The van der Waals surface area contributed by atoms with Gasteiger partial charge in [-0.25, -0.2) is 9.97 Å². The summed E-state index contributed by atoms with van der Waals surface area (Å²) in [7, 11) is 5.05. The minimum Gasteiger partial charge on any atom is -0.496 e. The van der Waals surface area contributed by atoms with E-state index >= 15 is 0 Å². The average Bonchev–Trinajstić information content (AvgIpc) is 2.47. The van der Waals surface area contributed by atoms with Crippen LogP contribution in [0.5, 0.6) is 11.5 Å². The number of aryl methyl sites for hydroxylation is 1. The van der Waals surface area contributed by atoms with Crippen LogP contribution < -0.4 is 14.8 Å². The van der Waals surface area contributed by atoms with Gasteiger partial charge in [0, 0.05) is 13.2 Å². The SMILES string of the molecule is CNc1ncc(C)c(-c2c(OC)cccc2OC)n1. The highest BCUT2D eigenvalue weighted by atomic mass is 16.5. The first kappa shape index (κ1) is 13.1. The highest BCUT2D eigenvalue weighted by Gasteiger charge is 2.16. The molecule has 100 valence electrons. The molecule has 0 unspecified atom stereocenters. The molecule has 0 saturated carbocycles. The molecule has 0 spiro atoms. The van der Waals surface area contributed by atoms with E-state index in [-0.39, 0.29) is 0 Å². The minimum atomic E-state index is 0.563. The van der Waals surface area contributed by atoms with E-state index in [1.54, 1.807) is 27.5 Å². The molecule has 5 heteroatoms. The quantitative estimate of drug-likeness (QED) is 0.914. The number of hydrogen-bond acceptors (Lipinski definition) is 5. The third-order valence-corrected chi connectivity index (χ3v) is 2.86. The first-order valence-corrected chi connectivity index (χ1v) is 5.94. The Morgan fingerprint density at radius 1 is 1.11 bits per heavy atom. The molecular weight excluding hydrogens is 242 g/mol. The molecular formula is C14H17N3O2. The number of rotatable bonds is 4. The highest BCUT2D eigenvalue weighted by Crippen LogP contribution is 2.38. The second-order valence-electron chi connectivity index (χ2n) is 4.01. The molecule has 1 heterocycles. The Balaban J connectivity index is 2.69. The van der Waals surface area contributed by atoms with Gasteiger partial charge in [0.05, 0.1) is 25.5 Å². The van der Waals surface area contributed by atoms with Crippen molar-refractivity contribution >= 4 is 5.95 Å². The molecule has 1 aromatic carbocycles. The second-order valence-corrected chi connectivity index (χ2v) is 4.01. The number of anilines is 1. The van der Waals surface area contributed by atoms with E-state index in [1.165, 1.54) is 0 Å². The molecule has 2 aromatic rings. The van der Waals surface area contributed by atoms with Crippen LogP contribution >= 0.6 is 0 Å². The van der Waals surface area contributed by atoms with E-state index in [0.29, 0.717) is 5.95 Å². The minimum absolute atomic E-state index is 0.563. The molecule has 1 N–H and O–H groups in total. The van der Waals surface area contributed by atoms with Crippen LogP contribution in [0, 0.1) is 6.92 Å². The van der Waals surface area contributed by atoms with Crippen molar-refractivity contribution in [2.24, 2.45) is 0 Å². The van der Waals surface area contributed by atoms with Crippen LogP contribution in [-0.2, 0) is 0 Å². The molecule has 0 aliphatic carbocycles. The van der Waals surface area contributed by atoms with E-state index < -0.39 is 0 Å². The number of aromatic nitrogens is 2. The highest BCUT2D eigenvalue weighted by molar-refractivity contribution is 5.76. The van der Waals surface area contributed by atoms with Crippen molar-refractivity contribution in [2.45, 2.75) is 6.92 Å². The molecule has 0 saturated heterocycles. The van der Waals surface area contributed by atoms with Crippen LogP contribution in [0.1, 0.15) is 5.56 Å². The molecule has 0 amide bonds. The van der Waals surface area contributed by atoms with Crippen molar-refractivity contribution in [3.63, 3.8) is 0 Å². The van der Waals surface area contributed by atoms with Gasteiger partial charge in [0.2, 0.25) is 5.95 Å². The van der Waals surface area contributed by atoms with Gasteiger partial charge >= 0.3 is 0 Å². The fourth-order valence-electron chi connectivity index (χ4n) is 1.90. The number of nitrogens with one attached hydrogen (secondary N) is 1. The summed E-state index contributed by atoms with van der Waals surface area (Å²) >= 11 is 0. The lowest BCUT2D eigenvalue weighted by atomic mass is 10.1. The Morgan fingerprint density at radius 3 is 2.26 bits per heavy atom. The Labute approximate surface area is 112 Å². The van der Waals surface area contributed by atoms with Crippen LogP contribution in [-0.4, -0.2) is 31.2 Å². The van der Waals surface area contributed by atoms with Gasteiger partial charge in [-0.1, -0.05) is 6.07 Å². The predicted molar refractivity (Wildman–Crippen MR) is 74.9 cm³/mol. The van der Waals surface area contributed by atoms with Gasteiger partial charge in [0.25, 0.3) is 0 Å². The van der Waals surface area contributed by atoms with E-state index in [2.05, 4.69) is 15.3 Å². The van der Waals surface area contributed by atoms with Crippen molar-refractivity contribution in [2.75, 3.05) is 26.6 Å². The fraction of sp³-hybridized carbons (Fsp3) is 0.286. The van der Waals surface area contributed by atoms with Gasteiger partial charge in [-0.15, -0.1) is 0 Å². The van der Waals surface area contributed by atoms with Crippen molar-refractivity contribution < 1.29 is 9.47 Å². The summed E-state index contributed by atoms with van der Waals surface area (Å²) in [5, 5.41) is 2.94. The lowest BCUT2D eigenvalue weighted by molar-refractivity contribution is 0.397. The van der Waals surface area contributed by atoms with Crippen molar-refractivity contribution in [1.29, 1.82) is 0 Å². The number of ether oxygens (including phenoxy) is 2. The Kier molecular flexibility index (Phi) is 3.85. The van der Waals surface area contributed by atoms with Gasteiger partial charge in [0.1, 0.15) is 11.5 Å². The summed E-state index contributed by atoms with van der Waals surface area (Å²) in [5.74, 6) is 2.01. The zero-order valence-corrected chi connectivity index (χ0v) is 11.5. The molecule has 19 heavy (non-hydrogen) atoms. The van der Waals surface area contributed by atoms with Gasteiger partial charge in [-0.3, -0.25) is 0 Å². The van der Waals surface area contributed by atoms with Crippen molar-refractivity contribution in [3.8, 4) is 22.8 Å². The number of nitrogens with zero attached hydrogens (tertiary/aromatic N) is 2. The van der Waals surface area contributed by atoms with Crippen molar-refractivity contribution in [3.05, 3.63) is 30.0 Å². The Bertz CT molecular complexity index is 563. The number of benzene rings is 1. The molecule has 0 fully saturated rings. The topological polar surface area (TPSA) is 56.3 Å². The summed E-state index contributed by atoms with van der Waals surface area (Å²) < 4.78 is 10.8. The molecule has 0 bridgehead atoms. The maximum atomic E-state index is 5.41. The average molecular weight is 259 g/mol. The fourth-order valence-corrected chi connectivity index (χ4v) is 1.90. The van der Waals surface area contributed by atoms with E-state index in [0.717, 1.165) is 28.3 Å². The van der Waals surface area contributed by atoms with Gasteiger partial charge in [0.15, 0.2) is 0 Å². The Morgan fingerprint density at radius 2 is 1.74 bits per heavy atom. The molecule has 5 nitrogen and oxygen atoms in total. The summed E-state index contributed by atoms with van der Waals surface area (Å²) in [4.78, 5) is 8.69. The summed E-state index contributed by atoms with van der Waals surface area (Å²) in [6, 6.07) is 5.66. The molecule has 0 radical (unpaired) electrons. The normalized spacial score (nSPS) is 10.1. The molecule has 0 aliphatic rings. The maximum Gasteiger partial charge on any atom is 0.222 e. The van der Waals surface area contributed by atoms with Crippen molar-refractivity contribution in [1.82, 2.24) is 9.97 Å². The van der Waals surface area contributed by atoms with E-state index in [1.807, 2.05) is 25.1 Å². The smallest absolute Gasteiger partial charge is 0.222 e. The lowest BCUT2D eigenvalue weighted by Gasteiger charge is -2.14. The number of methoxy groups -OCH3 is 2. The zero-order chi connectivity index (χ0) is 13.8. The second kappa shape index (κ2) is 5.56. The largest absolute Gasteiger partial charge is 0.496 e.